The highest BCUT2D eigenvalue weighted by atomic mass is 16.5. The second kappa shape index (κ2) is 12.1. The average Bonchev–Trinajstić information content (AvgIpc) is 2.70. The summed E-state index contributed by atoms with van der Waals surface area (Å²) in [6, 6.07) is 1.70. The minimum absolute atomic E-state index is 0.0234. The van der Waals surface area contributed by atoms with Gasteiger partial charge in [0.05, 0.1) is 64.3 Å². The SMILES string of the molecule is CCCCOCCOCCOCc1c(OCC)c(OC)cc2c1OC(C)(C)CC2=O. The quantitative estimate of drug-likeness (QED) is 0.415. The van der Waals surface area contributed by atoms with Gasteiger partial charge in [-0.05, 0) is 33.3 Å². The van der Waals surface area contributed by atoms with E-state index in [9.17, 15) is 4.79 Å². The maximum Gasteiger partial charge on any atom is 0.170 e. The van der Waals surface area contributed by atoms with Crippen molar-refractivity contribution in [2.45, 2.75) is 59.2 Å². The standard InChI is InChI=1S/C23H36O7/c1-6-8-9-26-10-11-27-12-13-28-16-18-21-17(19(24)15-23(3,4)30-21)14-20(25-5)22(18)29-7-2/h14H,6-13,15-16H2,1-5H3. The predicted octanol–water partition coefficient (Wildman–Crippen LogP) is 4.19. The molecule has 0 N–H and O–H groups in total. The highest BCUT2D eigenvalue weighted by Gasteiger charge is 2.36. The number of benzene rings is 1. The molecule has 0 saturated heterocycles. The van der Waals surface area contributed by atoms with Gasteiger partial charge >= 0.3 is 0 Å². The van der Waals surface area contributed by atoms with E-state index >= 15 is 0 Å². The molecular formula is C23H36O7. The van der Waals surface area contributed by atoms with Gasteiger partial charge < -0.3 is 28.4 Å². The van der Waals surface area contributed by atoms with Crippen molar-refractivity contribution in [2.24, 2.45) is 0 Å². The molecule has 2 rings (SSSR count). The molecule has 0 bridgehead atoms. The number of methoxy groups -OCH3 is 1. The zero-order valence-electron chi connectivity index (χ0n) is 19.0. The van der Waals surface area contributed by atoms with E-state index in [1.165, 1.54) is 0 Å². The van der Waals surface area contributed by atoms with Gasteiger partial charge in [-0.2, -0.15) is 0 Å². The van der Waals surface area contributed by atoms with E-state index in [0.717, 1.165) is 19.4 Å². The molecule has 1 heterocycles. The van der Waals surface area contributed by atoms with E-state index in [0.29, 0.717) is 67.8 Å². The van der Waals surface area contributed by atoms with Crippen LogP contribution in [0.3, 0.4) is 0 Å². The van der Waals surface area contributed by atoms with Crippen LogP contribution in [0.2, 0.25) is 0 Å². The number of carbonyl (C=O) groups is 1. The largest absolute Gasteiger partial charge is 0.493 e. The summed E-state index contributed by atoms with van der Waals surface area (Å²) >= 11 is 0. The zero-order chi connectivity index (χ0) is 22.0. The Balaban J connectivity index is 2.01. The Labute approximate surface area is 179 Å². The van der Waals surface area contributed by atoms with Crippen LogP contribution in [-0.4, -0.2) is 58.1 Å². The highest BCUT2D eigenvalue weighted by molar-refractivity contribution is 6.01. The van der Waals surface area contributed by atoms with E-state index in [1.54, 1.807) is 13.2 Å². The third-order valence-corrected chi connectivity index (χ3v) is 4.70. The lowest BCUT2D eigenvalue weighted by Gasteiger charge is -2.34. The smallest absolute Gasteiger partial charge is 0.170 e. The van der Waals surface area contributed by atoms with Gasteiger partial charge in [-0.25, -0.2) is 0 Å². The van der Waals surface area contributed by atoms with E-state index in [-0.39, 0.29) is 12.4 Å². The average molecular weight is 425 g/mol. The molecule has 1 aromatic carbocycles. The van der Waals surface area contributed by atoms with Crippen LogP contribution in [0.15, 0.2) is 6.07 Å². The Bertz CT molecular complexity index is 685. The van der Waals surface area contributed by atoms with Crippen LogP contribution in [0.1, 0.15) is 62.9 Å². The van der Waals surface area contributed by atoms with Gasteiger partial charge in [0.15, 0.2) is 17.3 Å². The van der Waals surface area contributed by atoms with Crippen molar-refractivity contribution >= 4 is 5.78 Å². The van der Waals surface area contributed by atoms with Crippen molar-refractivity contribution < 1.29 is 33.2 Å². The van der Waals surface area contributed by atoms with Crippen LogP contribution in [0, 0.1) is 0 Å². The Hall–Kier alpha value is -1.83. The number of Topliss-reactive ketones (excluding diaryl/α,β-unsaturated/α-hetero) is 1. The fraction of sp³-hybridized carbons (Fsp3) is 0.696. The fourth-order valence-corrected chi connectivity index (χ4v) is 3.24. The van der Waals surface area contributed by atoms with Gasteiger partial charge in [-0.15, -0.1) is 0 Å². The first kappa shape index (κ1) is 24.4. The van der Waals surface area contributed by atoms with Gasteiger partial charge in [-0.3, -0.25) is 4.79 Å². The minimum Gasteiger partial charge on any atom is -0.493 e. The molecule has 0 aromatic heterocycles. The molecule has 0 saturated carbocycles. The molecule has 170 valence electrons. The second-order valence-electron chi connectivity index (χ2n) is 7.79. The van der Waals surface area contributed by atoms with E-state index in [4.69, 9.17) is 28.4 Å². The van der Waals surface area contributed by atoms with E-state index in [2.05, 4.69) is 6.92 Å². The molecule has 1 aliphatic heterocycles. The molecule has 7 nitrogen and oxygen atoms in total. The molecule has 1 aromatic rings. The molecule has 0 aliphatic carbocycles. The topological polar surface area (TPSA) is 72.5 Å². The molecule has 7 heteroatoms. The van der Waals surface area contributed by atoms with Crippen LogP contribution in [0.25, 0.3) is 0 Å². The molecule has 0 radical (unpaired) electrons. The first-order valence-electron chi connectivity index (χ1n) is 10.8. The van der Waals surface area contributed by atoms with Gasteiger partial charge in [-0.1, -0.05) is 13.3 Å². The number of carbonyl (C=O) groups excluding carboxylic acids is 1. The van der Waals surface area contributed by atoms with Crippen LogP contribution in [0.5, 0.6) is 17.2 Å². The minimum atomic E-state index is -0.586. The van der Waals surface area contributed by atoms with Crippen molar-refractivity contribution in [3.8, 4) is 17.2 Å². The van der Waals surface area contributed by atoms with Crippen molar-refractivity contribution in [3.63, 3.8) is 0 Å². The van der Waals surface area contributed by atoms with Crippen LogP contribution < -0.4 is 14.2 Å². The molecule has 0 unspecified atom stereocenters. The summed E-state index contributed by atoms with van der Waals surface area (Å²) in [5, 5.41) is 0. The Morgan fingerprint density at radius 2 is 1.70 bits per heavy atom. The summed E-state index contributed by atoms with van der Waals surface area (Å²) in [7, 11) is 1.56. The predicted molar refractivity (Wildman–Crippen MR) is 114 cm³/mol. The zero-order valence-corrected chi connectivity index (χ0v) is 19.0. The van der Waals surface area contributed by atoms with Gasteiger partial charge in [0, 0.05) is 6.61 Å². The van der Waals surface area contributed by atoms with Crippen molar-refractivity contribution in [2.75, 3.05) is 46.8 Å². The number of hydrogen-bond acceptors (Lipinski definition) is 7. The van der Waals surface area contributed by atoms with E-state index in [1.807, 2.05) is 20.8 Å². The number of ether oxygens (including phenoxy) is 6. The molecule has 0 amide bonds. The second-order valence-corrected chi connectivity index (χ2v) is 7.79. The fourth-order valence-electron chi connectivity index (χ4n) is 3.24. The molecule has 0 atom stereocenters. The van der Waals surface area contributed by atoms with Gasteiger partial charge in [0.2, 0.25) is 0 Å². The van der Waals surface area contributed by atoms with Crippen LogP contribution in [0.4, 0.5) is 0 Å². The third-order valence-electron chi connectivity index (χ3n) is 4.70. The normalized spacial score (nSPS) is 14.9. The first-order valence-corrected chi connectivity index (χ1v) is 10.8. The number of unbranched alkanes of at least 4 members (excludes halogenated alkanes) is 1. The Morgan fingerprint density at radius 3 is 2.33 bits per heavy atom. The monoisotopic (exact) mass is 424 g/mol. The van der Waals surface area contributed by atoms with Crippen molar-refractivity contribution in [3.05, 3.63) is 17.2 Å². The molecule has 0 spiro atoms. The number of hydrogen-bond donors (Lipinski definition) is 0. The lowest BCUT2D eigenvalue weighted by Crippen LogP contribution is -2.36. The van der Waals surface area contributed by atoms with Gasteiger partial charge in [0.25, 0.3) is 0 Å². The number of rotatable bonds is 14. The highest BCUT2D eigenvalue weighted by Crippen LogP contribution is 2.45. The Kier molecular flexibility index (Phi) is 9.88. The van der Waals surface area contributed by atoms with Crippen LogP contribution >= 0.6 is 0 Å². The maximum atomic E-state index is 12.7. The first-order chi connectivity index (χ1) is 14.4. The lowest BCUT2D eigenvalue weighted by atomic mass is 9.91. The molecule has 1 aliphatic rings. The summed E-state index contributed by atoms with van der Waals surface area (Å²) in [6.45, 7) is 11.3. The van der Waals surface area contributed by atoms with Crippen LogP contribution in [-0.2, 0) is 20.8 Å². The van der Waals surface area contributed by atoms with Gasteiger partial charge in [0.1, 0.15) is 11.4 Å². The molecule has 0 fully saturated rings. The maximum absolute atomic E-state index is 12.7. The summed E-state index contributed by atoms with van der Waals surface area (Å²) in [6.07, 6.45) is 2.50. The number of fused-ring (bicyclic) bond motifs is 1. The summed E-state index contributed by atoms with van der Waals surface area (Å²) in [5.74, 6) is 1.60. The van der Waals surface area contributed by atoms with Crippen molar-refractivity contribution in [1.82, 2.24) is 0 Å². The van der Waals surface area contributed by atoms with E-state index < -0.39 is 5.60 Å². The third kappa shape index (κ3) is 6.86. The molecule has 30 heavy (non-hydrogen) atoms. The Morgan fingerprint density at radius 1 is 1.03 bits per heavy atom. The molecular weight excluding hydrogens is 388 g/mol. The lowest BCUT2D eigenvalue weighted by molar-refractivity contribution is 0.00842. The summed E-state index contributed by atoms with van der Waals surface area (Å²) < 4.78 is 34.3. The summed E-state index contributed by atoms with van der Waals surface area (Å²) in [4.78, 5) is 12.7. The summed E-state index contributed by atoms with van der Waals surface area (Å²) in [5.41, 5.74) is 0.613. The van der Waals surface area contributed by atoms with Crippen molar-refractivity contribution in [1.29, 1.82) is 0 Å². The number of ketones is 1.